The van der Waals surface area contributed by atoms with Gasteiger partial charge in [-0.15, -0.1) is 0 Å². The topological polar surface area (TPSA) is 12.0 Å². The lowest BCUT2D eigenvalue weighted by molar-refractivity contribution is 0.685. The van der Waals surface area contributed by atoms with E-state index in [4.69, 9.17) is 11.6 Å². The van der Waals surface area contributed by atoms with E-state index in [1.807, 2.05) is 17.8 Å². The number of anilines is 1. The van der Waals surface area contributed by atoms with Gasteiger partial charge in [0.2, 0.25) is 0 Å². The Morgan fingerprint density at radius 1 is 1.47 bits per heavy atom. The Hall–Kier alpha value is -0.340. The third kappa shape index (κ3) is 3.05. The number of hydrogen-bond acceptors (Lipinski definition) is 2. The minimum atomic E-state index is 0.587. The monoisotopic (exact) mass is 241 g/mol. The van der Waals surface area contributed by atoms with Crippen LogP contribution in [-0.4, -0.2) is 17.5 Å². The third-order valence-corrected chi connectivity index (χ3v) is 4.17. The van der Waals surface area contributed by atoms with E-state index in [1.165, 1.54) is 29.9 Å². The second kappa shape index (κ2) is 5.13. The van der Waals surface area contributed by atoms with Crippen LogP contribution in [0.1, 0.15) is 18.4 Å². The first-order valence-electron chi connectivity index (χ1n) is 5.36. The van der Waals surface area contributed by atoms with Gasteiger partial charge >= 0.3 is 0 Å². The first-order chi connectivity index (χ1) is 7.25. The standard InChI is InChI=1S/C12H16ClNS/c1-9-4-5-12(11(13)7-9)14-10-3-2-6-15-8-10/h4-5,7,10,14H,2-3,6,8H2,1H3. The number of benzene rings is 1. The largest absolute Gasteiger partial charge is 0.380 e. The summed E-state index contributed by atoms with van der Waals surface area (Å²) in [4.78, 5) is 0. The summed E-state index contributed by atoms with van der Waals surface area (Å²) >= 11 is 8.21. The van der Waals surface area contributed by atoms with Crippen LogP contribution in [0.15, 0.2) is 18.2 Å². The van der Waals surface area contributed by atoms with Crippen LogP contribution in [0.4, 0.5) is 5.69 Å². The van der Waals surface area contributed by atoms with Gasteiger partial charge in [0.05, 0.1) is 10.7 Å². The molecule has 1 aliphatic heterocycles. The highest BCUT2D eigenvalue weighted by Crippen LogP contribution is 2.26. The van der Waals surface area contributed by atoms with Crippen molar-refractivity contribution in [2.24, 2.45) is 0 Å². The molecule has 1 atom stereocenters. The molecule has 82 valence electrons. The predicted octanol–water partition coefficient (Wildman–Crippen LogP) is 3.96. The molecule has 0 spiro atoms. The first kappa shape index (κ1) is 11.2. The van der Waals surface area contributed by atoms with E-state index >= 15 is 0 Å². The summed E-state index contributed by atoms with van der Waals surface area (Å²) in [5.41, 5.74) is 2.29. The smallest absolute Gasteiger partial charge is 0.0640 e. The molecule has 1 nitrogen and oxygen atoms in total. The van der Waals surface area contributed by atoms with Gasteiger partial charge in [-0.05, 0) is 43.2 Å². The maximum absolute atomic E-state index is 6.18. The van der Waals surface area contributed by atoms with Gasteiger partial charge in [0, 0.05) is 11.8 Å². The van der Waals surface area contributed by atoms with E-state index in [1.54, 1.807) is 0 Å². The molecule has 0 radical (unpaired) electrons. The fraction of sp³-hybridized carbons (Fsp3) is 0.500. The zero-order chi connectivity index (χ0) is 10.7. The molecule has 2 rings (SSSR count). The van der Waals surface area contributed by atoms with E-state index in [2.05, 4.69) is 24.4 Å². The molecule has 1 aromatic rings. The minimum Gasteiger partial charge on any atom is -0.380 e. The van der Waals surface area contributed by atoms with Crippen molar-refractivity contribution < 1.29 is 0 Å². The summed E-state index contributed by atoms with van der Waals surface area (Å²) in [5, 5.41) is 4.36. The Kier molecular flexibility index (Phi) is 3.81. The summed E-state index contributed by atoms with van der Waals surface area (Å²) in [6, 6.07) is 6.78. The van der Waals surface area contributed by atoms with Crippen molar-refractivity contribution in [3.8, 4) is 0 Å². The molecule has 0 amide bonds. The average Bonchev–Trinajstić information content (AvgIpc) is 2.24. The Bertz CT molecular complexity index is 334. The fourth-order valence-corrected chi connectivity index (χ4v) is 3.17. The highest BCUT2D eigenvalue weighted by Gasteiger charge is 2.14. The van der Waals surface area contributed by atoms with Crippen LogP contribution in [-0.2, 0) is 0 Å². The molecular weight excluding hydrogens is 226 g/mol. The summed E-state index contributed by atoms with van der Waals surface area (Å²) in [6.45, 7) is 2.06. The Morgan fingerprint density at radius 3 is 3.00 bits per heavy atom. The molecule has 0 aromatic heterocycles. The van der Waals surface area contributed by atoms with Crippen LogP contribution in [0.3, 0.4) is 0 Å². The molecule has 1 fully saturated rings. The molecule has 1 N–H and O–H groups in total. The van der Waals surface area contributed by atoms with Gasteiger partial charge in [0.25, 0.3) is 0 Å². The average molecular weight is 242 g/mol. The van der Waals surface area contributed by atoms with Crippen molar-refractivity contribution in [3.63, 3.8) is 0 Å². The minimum absolute atomic E-state index is 0.587. The van der Waals surface area contributed by atoms with Gasteiger partial charge in [-0.3, -0.25) is 0 Å². The van der Waals surface area contributed by atoms with Crippen LogP contribution < -0.4 is 5.32 Å². The fourth-order valence-electron chi connectivity index (χ4n) is 1.81. The number of thioether (sulfide) groups is 1. The Balaban J connectivity index is 2.03. The molecule has 0 aliphatic carbocycles. The van der Waals surface area contributed by atoms with Gasteiger partial charge in [-0.1, -0.05) is 17.7 Å². The maximum atomic E-state index is 6.18. The van der Waals surface area contributed by atoms with E-state index < -0.39 is 0 Å². The Morgan fingerprint density at radius 2 is 2.33 bits per heavy atom. The Labute approximate surface area is 101 Å². The molecule has 1 saturated heterocycles. The molecule has 1 unspecified atom stereocenters. The van der Waals surface area contributed by atoms with Crippen molar-refractivity contribution in [2.75, 3.05) is 16.8 Å². The molecule has 0 saturated carbocycles. The number of aryl methyl sites for hydroxylation is 1. The molecule has 0 bridgehead atoms. The number of nitrogens with one attached hydrogen (secondary N) is 1. The van der Waals surface area contributed by atoms with Crippen molar-refractivity contribution in [2.45, 2.75) is 25.8 Å². The van der Waals surface area contributed by atoms with Crippen LogP contribution >= 0.6 is 23.4 Å². The van der Waals surface area contributed by atoms with Crippen molar-refractivity contribution in [1.82, 2.24) is 0 Å². The summed E-state index contributed by atoms with van der Waals surface area (Å²) in [7, 11) is 0. The van der Waals surface area contributed by atoms with E-state index in [0.717, 1.165) is 10.7 Å². The predicted molar refractivity (Wildman–Crippen MR) is 70.2 cm³/mol. The van der Waals surface area contributed by atoms with Gasteiger partial charge in [0.1, 0.15) is 0 Å². The second-order valence-electron chi connectivity index (χ2n) is 4.04. The van der Waals surface area contributed by atoms with Crippen LogP contribution in [0.5, 0.6) is 0 Å². The highest BCUT2D eigenvalue weighted by atomic mass is 35.5. The number of hydrogen-bond donors (Lipinski definition) is 1. The molecule has 3 heteroatoms. The summed E-state index contributed by atoms with van der Waals surface area (Å²) in [6.07, 6.45) is 2.57. The van der Waals surface area contributed by atoms with Gasteiger partial charge in [-0.2, -0.15) is 11.8 Å². The van der Waals surface area contributed by atoms with E-state index in [-0.39, 0.29) is 0 Å². The summed E-state index contributed by atoms with van der Waals surface area (Å²) < 4.78 is 0. The molecule has 1 heterocycles. The first-order valence-corrected chi connectivity index (χ1v) is 6.89. The van der Waals surface area contributed by atoms with Gasteiger partial charge < -0.3 is 5.32 Å². The van der Waals surface area contributed by atoms with Crippen molar-refractivity contribution >= 4 is 29.1 Å². The molecule has 15 heavy (non-hydrogen) atoms. The molecular formula is C12H16ClNS. The zero-order valence-electron chi connectivity index (χ0n) is 8.92. The van der Waals surface area contributed by atoms with E-state index in [9.17, 15) is 0 Å². The maximum Gasteiger partial charge on any atom is 0.0640 e. The third-order valence-electron chi connectivity index (χ3n) is 2.64. The van der Waals surface area contributed by atoms with Crippen LogP contribution in [0, 0.1) is 6.92 Å². The number of halogens is 1. The normalized spacial score (nSPS) is 21.3. The van der Waals surface area contributed by atoms with Gasteiger partial charge in [0.15, 0.2) is 0 Å². The molecule has 1 aliphatic rings. The molecule has 1 aromatic carbocycles. The number of rotatable bonds is 2. The van der Waals surface area contributed by atoms with Crippen molar-refractivity contribution in [1.29, 1.82) is 0 Å². The lowest BCUT2D eigenvalue weighted by atomic mass is 10.1. The highest BCUT2D eigenvalue weighted by molar-refractivity contribution is 7.99. The SMILES string of the molecule is Cc1ccc(NC2CCCSC2)c(Cl)c1. The van der Waals surface area contributed by atoms with Gasteiger partial charge in [-0.25, -0.2) is 0 Å². The van der Waals surface area contributed by atoms with Crippen LogP contribution in [0.25, 0.3) is 0 Å². The quantitative estimate of drug-likeness (QED) is 0.841. The lowest BCUT2D eigenvalue weighted by Gasteiger charge is -2.24. The van der Waals surface area contributed by atoms with Crippen LogP contribution in [0.2, 0.25) is 5.02 Å². The lowest BCUT2D eigenvalue weighted by Crippen LogP contribution is -2.25. The van der Waals surface area contributed by atoms with Crippen molar-refractivity contribution in [3.05, 3.63) is 28.8 Å². The zero-order valence-corrected chi connectivity index (χ0v) is 10.5. The summed E-state index contributed by atoms with van der Waals surface area (Å²) in [5.74, 6) is 2.50. The van der Waals surface area contributed by atoms with E-state index in [0.29, 0.717) is 6.04 Å². The second-order valence-corrected chi connectivity index (χ2v) is 5.60.